The topological polar surface area (TPSA) is 42.9 Å². The fraction of sp³-hybridized carbons (Fsp3) is 0.375. The van der Waals surface area contributed by atoms with E-state index in [4.69, 9.17) is 0 Å². The zero-order chi connectivity index (χ0) is 9.14. The Morgan fingerprint density at radius 3 is 2.83 bits per heavy atom. The van der Waals surface area contributed by atoms with Crippen molar-refractivity contribution in [3.8, 4) is 0 Å². The zero-order valence-electron chi connectivity index (χ0n) is 6.97. The van der Waals surface area contributed by atoms with Gasteiger partial charge in [0.15, 0.2) is 5.78 Å². The van der Waals surface area contributed by atoms with Gasteiger partial charge in [0.1, 0.15) is 11.5 Å². The summed E-state index contributed by atoms with van der Waals surface area (Å²) in [4.78, 5) is 19.1. The summed E-state index contributed by atoms with van der Waals surface area (Å²) in [6.45, 7) is 3.44. The molecule has 0 aliphatic rings. The van der Waals surface area contributed by atoms with E-state index in [1.807, 2.05) is 6.92 Å². The number of aryl methyl sites for hydroxylation is 1. The van der Waals surface area contributed by atoms with Crippen molar-refractivity contribution in [2.24, 2.45) is 0 Å². The minimum atomic E-state index is -0.0426. The molecule has 1 aromatic rings. The number of carbonyl (C=O) groups excluding carboxylic acids is 1. The van der Waals surface area contributed by atoms with Crippen molar-refractivity contribution >= 4 is 21.7 Å². The summed E-state index contributed by atoms with van der Waals surface area (Å²) in [6, 6.07) is 0. The van der Waals surface area contributed by atoms with Crippen LogP contribution in [0.15, 0.2) is 10.7 Å². The van der Waals surface area contributed by atoms with Crippen LogP contribution in [0.5, 0.6) is 0 Å². The standard InChI is InChI=1S/C8H9BrN2O/c1-3-7-10-4-6(9)8(11-7)5(2)12/h4H,3H2,1-2H3. The molecule has 4 heteroatoms. The highest BCUT2D eigenvalue weighted by Gasteiger charge is 2.07. The van der Waals surface area contributed by atoms with Gasteiger partial charge in [-0.05, 0) is 15.9 Å². The summed E-state index contributed by atoms with van der Waals surface area (Å²) in [7, 11) is 0. The maximum Gasteiger partial charge on any atom is 0.179 e. The molecule has 0 aliphatic carbocycles. The molecule has 0 amide bonds. The number of hydrogen-bond donors (Lipinski definition) is 0. The molecular formula is C8H9BrN2O. The van der Waals surface area contributed by atoms with Gasteiger partial charge in [0, 0.05) is 19.5 Å². The number of carbonyl (C=O) groups is 1. The lowest BCUT2D eigenvalue weighted by Crippen LogP contribution is -2.03. The molecule has 12 heavy (non-hydrogen) atoms. The predicted octanol–water partition coefficient (Wildman–Crippen LogP) is 2.00. The van der Waals surface area contributed by atoms with Crippen molar-refractivity contribution in [3.05, 3.63) is 22.2 Å². The number of halogens is 1. The third-order valence-electron chi connectivity index (χ3n) is 1.44. The van der Waals surface area contributed by atoms with Gasteiger partial charge < -0.3 is 0 Å². The number of ketones is 1. The first kappa shape index (κ1) is 9.32. The minimum Gasteiger partial charge on any atom is -0.293 e. The largest absolute Gasteiger partial charge is 0.293 e. The Kier molecular flexibility index (Phi) is 2.92. The van der Waals surface area contributed by atoms with Crippen molar-refractivity contribution < 1.29 is 4.79 Å². The lowest BCUT2D eigenvalue weighted by atomic mass is 10.3. The summed E-state index contributed by atoms with van der Waals surface area (Å²) in [5, 5.41) is 0. The molecule has 3 nitrogen and oxygen atoms in total. The van der Waals surface area contributed by atoms with Crippen LogP contribution in [-0.4, -0.2) is 15.8 Å². The van der Waals surface area contributed by atoms with E-state index in [0.29, 0.717) is 16.0 Å². The average molecular weight is 229 g/mol. The van der Waals surface area contributed by atoms with Gasteiger partial charge in [0.05, 0.1) is 4.47 Å². The van der Waals surface area contributed by atoms with E-state index in [9.17, 15) is 4.79 Å². The second-order valence-corrected chi connectivity index (χ2v) is 3.25. The van der Waals surface area contributed by atoms with Crippen molar-refractivity contribution in [1.29, 1.82) is 0 Å². The van der Waals surface area contributed by atoms with Gasteiger partial charge in [-0.1, -0.05) is 6.92 Å². The molecule has 1 aromatic heterocycles. The molecule has 0 bridgehead atoms. The second-order valence-electron chi connectivity index (χ2n) is 2.39. The monoisotopic (exact) mass is 228 g/mol. The summed E-state index contributed by atoms with van der Waals surface area (Å²) in [6.07, 6.45) is 2.36. The van der Waals surface area contributed by atoms with Crippen molar-refractivity contribution in [2.75, 3.05) is 0 Å². The number of nitrogens with zero attached hydrogens (tertiary/aromatic N) is 2. The Labute approximate surface area is 79.4 Å². The fourth-order valence-electron chi connectivity index (χ4n) is 0.821. The van der Waals surface area contributed by atoms with Crippen LogP contribution in [0.1, 0.15) is 30.2 Å². The SMILES string of the molecule is CCc1ncc(Br)c(C(C)=O)n1. The highest BCUT2D eigenvalue weighted by Crippen LogP contribution is 2.13. The lowest BCUT2D eigenvalue weighted by molar-refractivity contribution is 0.101. The average Bonchev–Trinajstić information content (AvgIpc) is 2.05. The first-order valence-electron chi connectivity index (χ1n) is 3.67. The van der Waals surface area contributed by atoms with Crippen LogP contribution in [-0.2, 0) is 6.42 Å². The van der Waals surface area contributed by atoms with E-state index in [0.717, 1.165) is 6.42 Å². The molecule has 0 fully saturated rings. The number of aromatic nitrogens is 2. The quantitative estimate of drug-likeness (QED) is 0.728. The van der Waals surface area contributed by atoms with E-state index in [-0.39, 0.29) is 5.78 Å². The van der Waals surface area contributed by atoms with Crippen LogP contribution < -0.4 is 0 Å². The summed E-state index contributed by atoms with van der Waals surface area (Å²) in [5.41, 5.74) is 0.460. The van der Waals surface area contributed by atoms with Crippen molar-refractivity contribution in [2.45, 2.75) is 20.3 Å². The molecule has 1 heterocycles. The number of hydrogen-bond acceptors (Lipinski definition) is 3. The van der Waals surface area contributed by atoms with Crippen molar-refractivity contribution in [3.63, 3.8) is 0 Å². The first-order valence-corrected chi connectivity index (χ1v) is 4.46. The molecule has 0 saturated heterocycles. The van der Waals surface area contributed by atoms with Gasteiger partial charge in [-0.3, -0.25) is 4.79 Å². The highest BCUT2D eigenvalue weighted by molar-refractivity contribution is 9.10. The molecule has 0 spiro atoms. The normalized spacial score (nSPS) is 9.92. The third-order valence-corrected chi connectivity index (χ3v) is 2.02. The Morgan fingerprint density at radius 1 is 1.67 bits per heavy atom. The van der Waals surface area contributed by atoms with Crippen LogP contribution in [0.25, 0.3) is 0 Å². The second kappa shape index (κ2) is 3.76. The molecule has 0 unspecified atom stereocenters. The molecule has 0 radical (unpaired) electrons. The third kappa shape index (κ3) is 1.88. The molecular weight excluding hydrogens is 220 g/mol. The van der Waals surface area contributed by atoms with Gasteiger partial charge in [0.25, 0.3) is 0 Å². The van der Waals surface area contributed by atoms with E-state index in [1.54, 1.807) is 6.20 Å². The number of rotatable bonds is 2. The molecule has 0 aromatic carbocycles. The van der Waals surface area contributed by atoms with E-state index in [1.165, 1.54) is 6.92 Å². The highest BCUT2D eigenvalue weighted by atomic mass is 79.9. The van der Waals surface area contributed by atoms with Crippen LogP contribution in [0.3, 0.4) is 0 Å². The molecule has 0 atom stereocenters. The van der Waals surface area contributed by atoms with Gasteiger partial charge in [0.2, 0.25) is 0 Å². The summed E-state index contributed by atoms with van der Waals surface area (Å²) < 4.78 is 0.659. The smallest absolute Gasteiger partial charge is 0.179 e. The zero-order valence-corrected chi connectivity index (χ0v) is 8.55. The van der Waals surface area contributed by atoms with Crippen molar-refractivity contribution in [1.82, 2.24) is 9.97 Å². The summed E-state index contributed by atoms with van der Waals surface area (Å²) in [5.74, 6) is 0.655. The molecule has 64 valence electrons. The van der Waals surface area contributed by atoms with E-state index < -0.39 is 0 Å². The number of Topliss-reactive ketones (excluding diaryl/α,β-unsaturated/α-hetero) is 1. The maximum atomic E-state index is 11.0. The Hall–Kier alpha value is -0.770. The Bertz CT molecular complexity index is 312. The van der Waals surface area contributed by atoms with Gasteiger partial charge in [-0.25, -0.2) is 9.97 Å². The van der Waals surface area contributed by atoms with Gasteiger partial charge >= 0.3 is 0 Å². The van der Waals surface area contributed by atoms with Crippen LogP contribution in [0.2, 0.25) is 0 Å². The molecule has 0 N–H and O–H groups in total. The van der Waals surface area contributed by atoms with Crippen LogP contribution >= 0.6 is 15.9 Å². The van der Waals surface area contributed by atoms with E-state index in [2.05, 4.69) is 25.9 Å². The fourth-order valence-corrected chi connectivity index (χ4v) is 1.29. The van der Waals surface area contributed by atoms with Gasteiger partial charge in [-0.2, -0.15) is 0 Å². The van der Waals surface area contributed by atoms with E-state index >= 15 is 0 Å². The van der Waals surface area contributed by atoms with Crippen LogP contribution in [0, 0.1) is 0 Å². The Morgan fingerprint density at radius 2 is 2.33 bits per heavy atom. The molecule has 1 rings (SSSR count). The Balaban J connectivity index is 3.17. The molecule has 0 saturated carbocycles. The van der Waals surface area contributed by atoms with Crippen LogP contribution in [0.4, 0.5) is 0 Å². The minimum absolute atomic E-state index is 0.0426. The van der Waals surface area contributed by atoms with Gasteiger partial charge in [-0.15, -0.1) is 0 Å². The summed E-state index contributed by atoms with van der Waals surface area (Å²) >= 11 is 3.21. The lowest BCUT2D eigenvalue weighted by Gasteiger charge is -2.00. The maximum absolute atomic E-state index is 11.0. The first-order chi connectivity index (χ1) is 5.65. The predicted molar refractivity (Wildman–Crippen MR) is 49.1 cm³/mol. The molecule has 0 aliphatic heterocycles.